The van der Waals surface area contributed by atoms with Crippen molar-refractivity contribution in [2.24, 2.45) is 11.8 Å². The Balaban J connectivity index is 5.20. The predicted molar refractivity (Wildman–Crippen MR) is 363 cm³/mol. The molecule has 0 bridgehead atoms. The maximum absolute atomic E-state index is 13.0. The lowest BCUT2D eigenvalue weighted by Crippen LogP contribution is -2.30. The van der Waals surface area contributed by atoms with Crippen molar-refractivity contribution >= 4 is 39.5 Å². The van der Waals surface area contributed by atoms with Crippen molar-refractivity contribution in [1.82, 2.24) is 0 Å². The molecule has 0 aliphatic heterocycles. The first-order valence-electron chi connectivity index (χ1n) is 37.0. The molecule has 534 valence electrons. The molecule has 0 aromatic carbocycles. The third-order valence-corrected chi connectivity index (χ3v) is 18.7. The van der Waals surface area contributed by atoms with E-state index in [0.29, 0.717) is 31.6 Å². The zero-order valence-corrected chi connectivity index (χ0v) is 60.2. The Morgan fingerprint density at radius 3 is 0.844 bits per heavy atom. The van der Waals surface area contributed by atoms with Gasteiger partial charge in [-0.3, -0.25) is 37.3 Å². The first-order valence-corrected chi connectivity index (χ1v) is 40.0. The highest BCUT2D eigenvalue weighted by atomic mass is 31.2. The van der Waals surface area contributed by atoms with Crippen molar-refractivity contribution < 1.29 is 80.2 Å². The summed E-state index contributed by atoms with van der Waals surface area (Å²) < 4.78 is 68.2. The van der Waals surface area contributed by atoms with E-state index in [0.717, 1.165) is 102 Å². The van der Waals surface area contributed by atoms with Crippen LogP contribution in [0.15, 0.2) is 0 Å². The fraction of sp³-hybridized carbons (Fsp3) is 0.944. The molecule has 0 heterocycles. The molecule has 0 saturated heterocycles. The molecule has 0 rings (SSSR count). The van der Waals surface area contributed by atoms with E-state index in [2.05, 4.69) is 41.5 Å². The van der Waals surface area contributed by atoms with E-state index in [4.69, 9.17) is 37.0 Å². The normalized spacial score (nSPS) is 14.4. The van der Waals surface area contributed by atoms with Crippen molar-refractivity contribution in [3.8, 4) is 0 Å². The maximum atomic E-state index is 13.0. The quantitative estimate of drug-likeness (QED) is 0.0222. The van der Waals surface area contributed by atoms with Crippen LogP contribution < -0.4 is 0 Å². The van der Waals surface area contributed by atoms with E-state index >= 15 is 0 Å². The van der Waals surface area contributed by atoms with Crippen LogP contribution in [0.25, 0.3) is 0 Å². The molecule has 0 amide bonds. The van der Waals surface area contributed by atoms with Gasteiger partial charge in [-0.15, -0.1) is 0 Å². The maximum Gasteiger partial charge on any atom is 0.472 e. The molecule has 3 unspecified atom stereocenters. The van der Waals surface area contributed by atoms with E-state index in [1.807, 2.05) is 0 Å². The van der Waals surface area contributed by atoms with E-state index < -0.39 is 97.5 Å². The van der Waals surface area contributed by atoms with Crippen molar-refractivity contribution in [3.05, 3.63) is 0 Å². The van der Waals surface area contributed by atoms with E-state index in [9.17, 15) is 43.2 Å². The SMILES string of the molecule is CCCCCCCCCCCCCCCCCCCCCC(=O)O[C@H](COC(=O)CCCCCCCCCCC(C)CC)COP(=O)(O)OC[C@@H](O)COP(=O)(O)OC[C@@H](COC(=O)CCCCCCCCC(C)C)OC(=O)CCCCCCCCCCCC. The summed E-state index contributed by atoms with van der Waals surface area (Å²) in [5.74, 6) is -0.669. The van der Waals surface area contributed by atoms with Gasteiger partial charge in [-0.2, -0.15) is 0 Å². The lowest BCUT2D eigenvalue weighted by molar-refractivity contribution is -0.161. The molecule has 6 atom stereocenters. The van der Waals surface area contributed by atoms with Crippen LogP contribution in [0.5, 0.6) is 0 Å². The second-order valence-electron chi connectivity index (χ2n) is 26.3. The zero-order chi connectivity index (χ0) is 66.5. The van der Waals surface area contributed by atoms with Crippen molar-refractivity contribution in [3.63, 3.8) is 0 Å². The summed E-state index contributed by atoms with van der Waals surface area (Å²) >= 11 is 0. The molecule has 0 fully saturated rings. The third-order valence-electron chi connectivity index (χ3n) is 16.8. The Morgan fingerprint density at radius 2 is 0.567 bits per heavy atom. The van der Waals surface area contributed by atoms with Gasteiger partial charge in [-0.25, -0.2) is 9.13 Å². The van der Waals surface area contributed by atoms with Crippen molar-refractivity contribution in [1.29, 1.82) is 0 Å². The van der Waals surface area contributed by atoms with Crippen molar-refractivity contribution in [2.75, 3.05) is 39.6 Å². The van der Waals surface area contributed by atoms with Gasteiger partial charge in [0.1, 0.15) is 19.3 Å². The Hall–Kier alpha value is -1.94. The average Bonchev–Trinajstić information content (AvgIpc) is 2.99. The van der Waals surface area contributed by atoms with Crippen LogP contribution in [-0.4, -0.2) is 96.7 Å². The molecule has 17 nitrogen and oxygen atoms in total. The van der Waals surface area contributed by atoms with Crippen LogP contribution in [0.2, 0.25) is 0 Å². The monoisotopic (exact) mass is 1320 g/mol. The van der Waals surface area contributed by atoms with Gasteiger partial charge < -0.3 is 33.8 Å². The van der Waals surface area contributed by atoms with Gasteiger partial charge in [0.25, 0.3) is 0 Å². The second kappa shape index (κ2) is 63.1. The first kappa shape index (κ1) is 88.1. The topological polar surface area (TPSA) is 237 Å². The molecule has 0 aromatic rings. The number of aliphatic hydroxyl groups excluding tert-OH is 1. The highest BCUT2D eigenvalue weighted by Gasteiger charge is 2.30. The number of hydrogen-bond acceptors (Lipinski definition) is 15. The number of aliphatic hydroxyl groups is 1. The Bertz CT molecular complexity index is 1750. The average molecular weight is 1330 g/mol. The zero-order valence-electron chi connectivity index (χ0n) is 58.4. The van der Waals surface area contributed by atoms with Crippen LogP contribution in [0, 0.1) is 11.8 Å². The standard InChI is InChI=1S/C71H138O17P2/c1-7-10-12-14-16-18-20-21-22-23-24-25-26-27-28-30-36-44-50-56-71(76)87-66(59-81-68(73)53-47-41-34-32-31-33-40-46-52-64(6)9-3)61-85-89(77,78)83-57-65(72)58-84-90(79,80)86-62-67(60-82-69(74)54-48-42-38-37-39-45-51-63(4)5)88-70(75)55-49-43-35-29-19-17-15-13-11-8-2/h63-67,72H,7-62H2,1-6H3,(H,77,78)(H,79,80)/t64?,65-,66-,67-/m1/s1. The smallest absolute Gasteiger partial charge is 0.462 e. The van der Waals surface area contributed by atoms with Gasteiger partial charge >= 0.3 is 39.5 Å². The van der Waals surface area contributed by atoms with E-state index in [1.165, 1.54) is 173 Å². The Labute approximate surface area is 549 Å². The number of carbonyl (C=O) groups is 4. The van der Waals surface area contributed by atoms with Gasteiger partial charge in [-0.05, 0) is 37.5 Å². The molecular formula is C71H138O17P2. The van der Waals surface area contributed by atoms with Crippen LogP contribution in [0.3, 0.4) is 0 Å². The van der Waals surface area contributed by atoms with Gasteiger partial charge in [0, 0.05) is 25.7 Å². The molecule has 0 aliphatic rings. The number of hydrogen-bond donors (Lipinski definition) is 3. The number of carbonyl (C=O) groups excluding carboxylic acids is 4. The van der Waals surface area contributed by atoms with Gasteiger partial charge in [0.15, 0.2) is 12.2 Å². The summed E-state index contributed by atoms with van der Waals surface area (Å²) in [6.45, 7) is 9.46. The molecule has 0 aliphatic carbocycles. The van der Waals surface area contributed by atoms with Gasteiger partial charge in [0.2, 0.25) is 0 Å². The Kier molecular flexibility index (Phi) is 61.8. The van der Waals surface area contributed by atoms with E-state index in [1.54, 1.807) is 0 Å². The third kappa shape index (κ3) is 63.5. The number of phosphoric ester groups is 2. The number of phosphoric acid groups is 2. The summed E-state index contributed by atoms with van der Waals surface area (Å²) in [6, 6.07) is 0. The van der Waals surface area contributed by atoms with Crippen LogP contribution in [0.4, 0.5) is 0 Å². The molecule has 0 radical (unpaired) electrons. The fourth-order valence-electron chi connectivity index (χ4n) is 10.7. The summed E-state index contributed by atoms with van der Waals surface area (Å²) in [7, 11) is -9.90. The molecule has 0 saturated carbocycles. The van der Waals surface area contributed by atoms with E-state index in [-0.39, 0.29) is 25.7 Å². The fourth-order valence-corrected chi connectivity index (χ4v) is 12.3. The van der Waals surface area contributed by atoms with Gasteiger partial charge in [0.05, 0.1) is 26.4 Å². The lowest BCUT2D eigenvalue weighted by Gasteiger charge is -2.21. The Morgan fingerprint density at radius 1 is 0.322 bits per heavy atom. The minimum absolute atomic E-state index is 0.105. The highest BCUT2D eigenvalue weighted by molar-refractivity contribution is 7.47. The van der Waals surface area contributed by atoms with Crippen molar-refractivity contribution in [2.45, 2.75) is 381 Å². The van der Waals surface area contributed by atoms with Crippen LogP contribution >= 0.6 is 15.6 Å². The summed E-state index contributed by atoms with van der Waals surface area (Å²) in [5.41, 5.74) is 0. The summed E-state index contributed by atoms with van der Waals surface area (Å²) in [6.07, 6.45) is 48.7. The molecule has 90 heavy (non-hydrogen) atoms. The molecule has 3 N–H and O–H groups in total. The molecule has 0 aromatic heterocycles. The minimum atomic E-state index is -4.95. The number of rotatable bonds is 70. The largest absolute Gasteiger partial charge is 0.472 e. The minimum Gasteiger partial charge on any atom is -0.462 e. The van der Waals surface area contributed by atoms with Crippen LogP contribution in [0.1, 0.15) is 363 Å². The molecular weight excluding hydrogens is 1190 g/mol. The second-order valence-corrected chi connectivity index (χ2v) is 29.3. The van der Waals surface area contributed by atoms with Crippen LogP contribution in [-0.2, 0) is 65.4 Å². The lowest BCUT2D eigenvalue weighted by atomic mass is 9.99. The van der Waals surface area contributed by atoms with Gasteiger partial charge in [-0.1, -0.05) is 311 Å². The predicted octanol–water partition coefficient (Wildman–Crippen LogP) is 20.4. The molecule has 0 spiro atoms. The molecule has 19 heteroatoms. The number of unbranched alkanes of at least 4 members (excludes halogenated alkanes) is 39. The summed E-state index contributed by atoms with van der Waals surface area (Å²) in [4.78, 5) is 72.5. The number of ether oxygens (including phenoxy) is 4. The number of esters is 4. The highest BCUT2D eigenvalue weighted by Crippen LogP contribution is 2.45. The first-order chi connectivity index (χ1) is 43.4. The summed E-state index contributed by atoms with van der Waals surface area (Å²) in [5, 5.41) is 10.6.